The smallest absolute Gasteiger partial charge is 0.163 e. The lowest BCUT2D eigenvalue weighted by molar-refractivity contribution is 0.101. The lowest BCUT2D eigenvalue weighted by Crippen LogP contribution is -1.98. The third-order valence-electron chi connectivity index (χ3n) is 1.63. The van der Waals surface area contributed by atoms with Crippen LogP contribution in [-0.4, -0.2) is 12.9 Å². The van der Waals surface area contributed by atoms with E-state index in [0.29, 0.717) is 16.3 Å². The van der Waals surface area contributed by atoms with Crippen molar-refractivity contribution in [1.82, 2.24) is 0 Å². The van der Waals surface area contributed by atoms with E-state index in [4.69, 9.17) is 16.3 Å². The summed E-state index contributed by atoms with van der Waals surface area (Å²) in [5.74, 6) is 0.413. The van der Waals surface area contributed by atoms with Crippen LogP contribution in [0.4, 0.5) is 0 Å². The molecule has 0 aromatic heterocycles. The van der Waals surface area contributed by atoms with Gasteiger partial charge < -0.3 is 4.74 Å². The fraction of sp³-hybridized carbons (Fsp3) is 0.222. The summed E-state index contributed by atoms with van der Waals surface area (Å²) in [7, 11) is 1.50. The molecule has 0 heterocycles. The van der Waals surface area contributed by atoms with Gasteiger partial charge >= 0.3 is 0 Å². The van der Waals surface area contributed by atoms with Crippen molar-refractivity contribution in [2.24, 2.45) is 0 Å². The quantitative estimate of drug-likeness (QED) is 0.619. The van der Waals surface area contributed by atoms with Gasteiger partial charge in [0.25, 0.3) is 0 Å². The van der Waals surface area contributed by atoms with Gasteiger partial charge in [-0.05, 0) is 41.6 Å². The van der Waals surface area contributed by atoms with E-state index in [2.05, 4.69) is 22.6 Å². The summed E-state index contributed by atoms with van der Waals surface area (Å²) in [6, 6.07) is 3.51. The Morgan fingerprint density at radius 2 is 2.15 bits per heavy atom. The van der Waals surface area contributed by atoms with Crippen molar-refractivity contribution >= 4 is 40.0 Å². The van der Waals surface area contributed by atoms with Crippen molar-refractivity contribution in [1.29, 1.82) is 0 Å². The SMILES string of the molecule is COc1c(C(C)=O)ccc(I)c1Cl. The van der Waals surface area contributed by atoms with Crippen molar-refractivity contribution < 1.29 is 9.53 Å². The van der Waals surface area contributed by atoms with E-state index >= 15 is 0 Å². The third kappa shape index (κ3) is 2.14. The summed E-state index contributed by atoms with van der Waals surface area (Å²) < 4.78 is 5.94. The Hall–Kier alpha value is -0.290. The van der Waals surface area contributed by atoms with Crippen molar-refractivity contribution in [2.45, 2.75) is 6.92 Å². The number of carbonyl (C=O) groups excluding carboxylic acids is 1. The highest BCUT2D eigenvalue weighted by atomic mass is 127. The number of benzene rings is 1. The molecule has 1 aromatic rings. The fourth-order valence-corrected chi connectivity index (χ4v) is 1.68. The molecule has 1 aromatic carbocycles. The Bertz CT molecular complexity index is 350. The van der Waals surface area contributed by atoms with E-state index < -0.39 is 0 Å². The molecule has 0 amide bonds. The molecule has 0 aliphatic carbocycles. The highest BCUT2D eigenvalue weighted by Crippen LogP contribution is 2.32. The van der Waals surface area contributed by atoms with E-state index in [9.17, 15) is 4.79 Å². The molecule has 0 fully saturated rings. The number of hydrogen-bond donors (Lipinski definition) is 0. The molecule has 0 bridgehead atoms. The van der Waals surface area contributed by atoms with Crippen molar-refractivity contribution in [3.63, 3.8) is 0 Å². The summed E-state index contributed by atoms with van der Waals surface area (Å²) in [5.41, 5.74) is 0.521. The van der Waals surface area contributed by atoms with E-state index in [0.717, 1.165) is 3.57 Å². The number of ether oxygens (including phenoxy) is 1. The van der Waals surface area contributed by atoms with Gasteiger partial charge in [0.1, 0.15) is 5.75 Å². The van der Waals surface area contributed by atoms with E-state index in [1.165, 1.54) is 14.0 Å². The molecule has 0 saturated heterocycles. The predicted octanol–water partition coefficient (Wildman–Crippen LogP) is 3.16. The summed E-state index contributed by atoms with van der Waals surface area (Å²) in [5, 5.41) is 0.496. The second-order valence-corrected chi connectivity index (χ2v) is 4.04. The Kier molecular flexibility index (Phi) is 3.55. The standard InChI is InChI=1S/C9H8ClIO2/c1-5(12)6-3-4-7(11)8(10)9(6)13-2/h3-4H,1-2H3. The van der Waals surface area contributed by atoms with Gasteiger partial charge in [-0.25, -0.2) is 0 Å². The van der Waals surface area contributed by atoms with Crippen molar-refractivity contribution in [3.8, 4) is 5.75 Å². The van der Waals surface area contributed by atoms with Gasteiger partial charge in [0.2, 0.25) is 0 Å². The first-order valence-electron chi connectivity index (χ1n) is 3.61. The maximum Gasteiger partial charge on any atom is 0.163 e. The zero-order valence-electron chi connectivity index (χ0n) is 7.23. The number of halogens is 2. The minimum Gasteiger partial charge on any atom is -0.494 e. The van der Waals surface area contributed by atoms with E-state index in [-0.39, 0.29) is 5.78 Å². The lowest BCUT2D eigenvalue weighted by atomic mass is 10.1. The van der Waals surface area contributed by atoms with Crippen LogP contribution in [0, 0.1) is 3.57 Å². The molecule has 0 spiro atoms. The van der Waals surface area contributed by atoms with Crippen LogP contribution >= 0.6 is 34.2 Å². The normalized spacial score (nSPS) is 9.85. The van der Waals surface area contributed by atoms with Crippen LogP contribution in [0.3, 0.4) is 0 Å². The van der Waals surface area contributed by atoms with Crippen LogP contribution in [0.5, 0.6) is 5.75 Å². The van der Waals surface area contributed by atoms with Gasteiger partial charge in [-0.15, -0.1) is 0 Å². The maximum absolute atomic E-state index is 11.1. The molecule has 0 aliphatic rings. The first-order chi connectivity index (χ1) is 6.07. The zero-order chi connectivity index (χ0) is 10.0. The number of Topliss-reactive ketones (excluding diaryl/α,β-unsaturated/α-hetero) is 1. The number of carbonyl (C=O) groups is 1. The summed E-state index contributed by atoms with van der Waals surface area (Å²) >= 11 is 8.05. The first-order valence-corrected chi connectivity index (χ1v) is 5.06. The third-order valence-corrected chi connectivity index (χ3v) is 3.23. The maximum atomic E-state index is 11.1. The molecule has 70 valence electrons. The van der Waals surface area contributed by atoms with Gasteiger partial charge in [0.05, 0.1) is 17.7 Å². The molecule has 0 unspecified atom stereocenters. The Morgan fingerprint density at radius 3 is 2.62 bits per heavy atom. The van der Waals surface area contributed by atoms with Crippen LogP contribution in [0.15, 0.2) is 12.1 Å². The first kappa shape index (κ1) is 10.8. The Morgan fingerprint density at radius 1 is 1.54 bits per heavy atom. The second kappa shape index (κ2) is 4.28. The summed E-state index contributed by atoms with van der Waals surface area (Å²) in [6.45, 7) is 1.49. The van der Waals surface area contributed by atoms with Gasteiger partial charge in [-0.3, -0.25) is 4.79 Å². The lowest BCUT2D eigenvalue weighted by Gasteiger charge is -2.08. The molecule has 1 rings (SSSR count). The molecule has 0 N–H and O–H groups in total. The van der Waals surface area contributed by atoms with Crippen LogP contribution < -0.4 is 4.74 Å². The van der Waals surface area contributed by atoms with Gasteiger partial charge in [0.15, 0.2) is 5.78 Å². The zero-order valence-corrected chi connectivity index (χ0v) is 10.1. The minimum atomic E-state index is -0.0462. The summed E-state index contributed by atoms with van der Waals surface area (Å²) in [6.07, 6.45) is 0. The molecule has 0 radical (unpaired) electrons. The number of rotatable bonds is 2. The molecule has 0 atom stereocenters. The second-order valence-electron chi connectivity index (χ2n) is 2.50. The molecule has 2 nitrogen and oxygen atoms in total. The Balaban J connectivity index is 3.38. The van der Waals surface area contributed by atoms with E-state index in [1.807, 2.05) is 0 Å². The predicted molar refractivity (Wildman–Crippen MR) is 60.7 cm³/mol. The average molecular weight is 311 g/mol. The van der Waals surface area contributed by atoms with Gasteiger partial charge in [-0.2, -0.15) is 0 Å². The molecular formula is C9H8ClIO2. The topological polar surface area (TPSA) is 26.3 Å². The van der Waals surface area contributed by atoms with Crippen LogP contribution in [0.2, 0.25) is 5.02 Å². The monoisotopic (exact) mass is 310 g/mol. The number of hydrogen-bond acceptors (Lipinski definition) is 2. The molecular weight excluding hydrogens is 302 g/mol. The van der Waals surface area contributed by atoms with Gasteiger partial charge in [-0.1, -0.05) is 11.6 Å². The number of ketones is 1. The highest BCUT2D eigenvalue weighted by molar-refractivity contribution is 14.1. The largest absolute Gasteiger partial charge is 0.494 e. The molecule has 13 heavy (non-hydrogen) atoms. The minimum absolute atomic E-state index is 0.0462. The van der Waals surface area contributed by atoms with Crippen molar-refractivity contribution in [3.05, 3.63) is 26.3 Å². The van der Waals surface area contributed by atoms with Crippen LogP contribution in [0.1, 0.15) is 17.3 Å². The van der Waals surface area contributed by atoms with Gasteiger partial charge in [0, 0.05) is 3.57 Å². The summed E-state index contributed by atoms with van der Waals surface area (Å²) in [4.78, 5) is 11.1. The van der Waals surface area contributed by atoms with Crippen LogP contribution in [0.25, 0.3) is 0 Å². The van der Waals surface area contributed by atoms with Crippen molar-refractivity contribution in [2.75, 3.05) is 7.11 Å². The van der Waals surface area contributed by atoms with E-state index in [1.54, 1.807) is 12.1 Å². The molecule has 0 saturated carbocycles. The molecule has 0 aliphatic heterocycles. The van der Waals surface area contributed by atoms with Crippen LogP contribution in [-0.2, 0) is 0 Å². The fourth-order valence-electron chi connectivity index (χ4n) is 1.01. The molecule has 4 heteroatoms. The average Bonchev–Trinajstić information content (AvgIpc) is 2.09. The Labute approximate surface area is 95.4 Å². The number of methoxy groups -OCH3 is 1. The highest BCUT2D eigenvalue weighted by Gasteiger charge is 2.13.